The van der Waals surface area contributed by atoms with E-state index < -0.39 is 0 Å². The molecule has 0 spiro atoms. The Hall–Kier alpha value is -1.49. The fourth-order valence-electron chi connectivity index (χ4n) is 2.38. The van der Waals surface area contributed by atoms with Gasteiger partial charge < -0.3 is 5.73 Å². The molecule has 2 N–H and O–H groups in total. The molecule has 0 aliphatic carbocycles. The molecule has 1 atom stereocenters. The molecule has 1 unspecified atom stereocenters. The molecule has 108 valence electrons. The normalized spacial score (nSPS) is 12.8. The second kappa shape index (κ2) is 6.10. The Bertz CT molecular complexity index is 714. The van der Waals surface area contributed by atoms with Gasteiger partial charge in [-0.1, -0.05) is 44.2 Å². The van der Waals surface area contributed by atoms with Crippen LogP contribution in [0.4, 0.5) is 0 Å². The lowest BCUT2D eigenvalue weighted by atomic mass is 9.96. The van der Waals surface area contributed by atoms with Gasteiger partial charge in [0.2, 0.25) is 0 Å². The van der Waals surface area contributed by atoms with Crippen molar-refractivity contribution in [1.29, 1.82) is 0 Å². The Morgan fingerprint density at radius 3 is 2.57 bits per heavy atom. The Morgan fingerprint density at radius 1 is 1.05 bits per heavy atom. The number of nitrogens with two attached hydrogens (primary N) is 1. The van der Waals surface area contributed by atoms with Crippen LogP contribution in [0.25, 0.3) is 11.3 Å². The number of hydrogen-bond donors (Lipinski definition) is 1. The molecule has 21 heavy (non-hydrogen) atoms. The fraction of sp³-hybridized carbons (Fsp3) is 0.235. The summed E-state index contributed by atoms with van der Waals surface area (Å²) in [7, 11) is 0. The van der Waals surface area contributed by atoms with Crippen LogP contribution in [0.15, 0.2) is 47.2 Å². The number of aromatic nitrogens is 1. The highest BCUT2D eigenvalue weighted by Gasteiger charge is 2.16. The molecule has 3 rings (SSSR count). The van der Waals surface area contributed by atoms with E-state index in [4.69, 9.17) is 10.7 Å². The van der Waals surface area contributed by atoms with Crippen LogP contribution in [0, 0.1) is 0 Å². The van der Waals surface area contributed by atoms with Crippen molar-refractivity contribution in [2.45, 2.75) is 25.8 Å². The van der Waals surface area contributed by atoms with E-state index in [9.17, 15) is 0 Å². The molecule has 0 aliphatic rings. The molecule has 0 saturated heterocycles. The standard InChI is InChI=1S/C17H18N2S2/c1-11(2)12-6-3-4-7-13(12)14-10-21-17(19-14)16(18)15-8-5-9-20-15/h3-11,16H,18H2,1-2H3. The van der Waals surface area contributed by atoms with E-state index in [-0.39, 0.29) is 6.04 Å². The largest absolute Gasteiger partial charge is 0.318 e. The van der Waals surface area contributed by atoms with E-state index in [0.29, 0.717) is 5.92 Å². The van der Waals surface area contributed by atoms with Gasteiger partial charge in [0.25, 0.3) is 0 Å². The number of rotatable bonds is 4. The molecular weight excluding hydrogens is 296 g/mol. The zero-order valence-electron chi connectivity index (χ0n) is 12.1. The molecule has 2 heterocycles. The van der Waals surface area contributed by atoms with Crippen molar-refractivity contribution in [3.63, 3.8) is 0 Å². The zero-order valence-corrected chi connectivity index (χ0v) is 13.7. The lowest BCUT2D eigenvalue weighted by Gasteiger charge is -2.10. The third-order valence-electron chi connectivity index (χ3n) is 3.50. The molecule has 4 heteroatoms. The Morgan fingerprint density at radius 2 is 1.86 bits per heavy atom. The van der Waals surface area contributed by atoms with Crippen molar-refractivity contribution >= 4 is 22.7 Å². The third-order valence-corrected chi connectivity index (χ3v) is 5.38. The van der Waals surface area contributed by atoms with E-state index in [1.54, 1.807) is 22.7 Å². The average Bonchev–Trinajstić information content (AvgIpc) is 3.18. The van der Waals surface area contributed by atoms with Crippen molar-refractivity contribution in [2.75, 3.05) is 0 Å². The summed E-state index contributed by atoms with van der Waals surface area (Å²) in [5.41, 5.74) is 9.89. The highest BCUT2D eigenvalue weighted by Crippen LogP contribution is 2.33. The van der Waals surface area contributed by atoms with Crippen molar-refractivity contribution < 1.29 is 0 Å². The molecule has 0 bridgehead atoms. The molecule has 0 fully saturated rings. The van der Waals surface area contributed by atoms with Gasteiger partial charge in [0.05, 0.1) is 11.7 Å². The van der Waals surface area contributed by atoms with E-state index in [0.717, 1.165) is 15.6 Å². The van der Waals surface area contributed by atoms with Crippen molar-refractivity contribution in [2.24, 2.45) is 5.73 Å². The smallest absolute Gasteiger partial charge is 0.115 e. The van der Waals surface area contributed by atoms with Crippen LogP contribution in [0.1, 0.15) is 41.3 Å². The first kappa shape index (κ1) is 14.4. The van der Waals surface area contributed by atoms with Crippen LogP contribution < -0.4 is 5.73 Å². The van der Waals surface area contributed by atoms with E-state index >= 15 is 0 Å². The van der Waals surface area contributed by atoms with Crippen LogP contribution in [-0.2, 0) is 0 Å². The minimum atomic E-state index is -0.116. The van der Waals surface area contributed by atoms with E-state index in [1.165, 1.54) is 11.1 Å². The monoisotopic (exact) mass is 314 g/mol. The Kier molecular flexibility index (Phi) is 4.19. The summed E-state index contributed by atoms with van der Waals surface area (Å²) in [6.07, 6.45) is 0. The summed E-state index contributed by atoms with van der Waals surface area (Å²) in [6, 6.07) is 12.5. The first-order chi connectivity index (χ1) is 10.2. The third kappa shape index (κ3) is 2.93. The van der Waals surface area contributed by atoms with Crippen LogP contribution in [-0.4, -0.2) is 4.98 Å². The summed E-state index contributed by atoms with van der Waals surface area (Å²) in [5.74, 6) is 0.484. The van der Waals surface area contributed by atoms with E-state index in [1.807, 2.05) is 6.07 Å². The average molecular weight is 314 g/mol. The van der Waals surface area contributed by atoms with Gasteiger partial charge in [-0.2, -0.15) is 0 Å². The minimum Gasteiger partial charge on any atom is -0.318 e. The first-order valence-corrected chi connectivity index (χ1v) is 8.76. The van der Waals surface area contributed by atoms with E-state index in [2.05, 4.69) is 54.9 Å². The maximum Gasteiger partial charge on any atom is 0.115 e. The molecule has 2 aromatic heterocycles. The van der Waals surface area contributed by atoms with Crippen LogP contribution >= 0.6 is 22.7 Å². The fourth-order valence-corrected chi connectivity index (χ4v) is 4.02. The van der Waals surface area contributed by atoms with Crippen molar-refractivity contribution in [3.8, 4) is 11.3 Å². The maximum absolute atomic E-state index is 6.31. The minimum absolute atomic E-state index is 0.116. The zero-order chi connectivity index (χ0) is 14.8. The second-order valence-corrected chi connectivity index (χ2v) is 7.17. The van der Waals surface area contributed by atoms with Crippen LogP contribution in [0.3, 0.4) is 0 Å². The maximum atomic E-state index is 6.31. The van der Waals surface area contributed by atoms with Gasteiger partial charge in [0, 0.05) is 15.8 Å². The number of thiazole rings is 1. The van der Waals surface area contributed by atoms with Crippen molar-refractivity contribution in [1.82, 2.24) is 4.98 Å². The number of benzene rings is 1. The number of hydrogen-bond acceptors (Lipinski definition) is 4. The summed E-state index contributed by atoms with van der Waals surface area (Å²) in [5, 5.41) is 5.15. The topological polar surface area (TPSA) is 38.9 Å². The van der Waals surface area contributed by atoms with Gasteiger partial charge in [-0.15, -0.1) is 22.7 Å². The van der Waals surface area contributed by atoms with Gasteiger partial charge in [0.1, 0.15) is 5.01 Å². The lowest BCUT2D eigenvalue weighted by molar-refractivity contribution is 0.863. The molecule has 3 aromatic rings. The summed E-state index contributed by atoms with van der Waals surface area (Å²) in [6.45, 7) is 4.42. The molecule has 0 radical (unpaired) electrons. The van der Waals surface area contributed by atoms with Gasteiger partial charge in [-0.3, -0.25) is 0 Å². The Balaban J connectivity index is 1.96. The molecular formula is C17H18N2S2. The molecule has 0 aliphatic heterocycles. The summed E-state index contributed by atoms with van der Waals surface area (Å²) in [4.78, 5) is 5.94. The molecule has 0 saturated carbocycles. The molecule has 1 aromatic carbocycles. The predicted molar refractivity (Wildman–Crippen MR) is 92.0 cm³/mol. The predicted octanol–water partition coefficient (Wildman–Crippen LogP) is 5.04. The molecule has 0 amide bonds. The van der Waals surface area contributed by atoms with Gasteiger partial charge in [0.15, 0.2) is 0 Å². The van der Waals surface area contributed by atoms with Crippen molar-refractivity contribution in [3.05, 3.63) is 62.6 Å². The SMILES string of the molecule is CC(C)c1ccccc1-c1csc(C(N)c2cccs2)n1. The highest BCUT2D eigenvalue weighted by atomic mass is 32.1. The number of nitrogens with zero attached hydrogens (tertiary/aromatic N) is 1. The van der Waals surface area contributed by atoms with Crippen LogP contribution in [0.2, 0.25) is 0 Å². The molecule has 2 nitrogen and oxygen atoms in total. The Labute approximate surface area is 133 Å². The number of thiophene rings is 1. The lowest BCUT2D eigenvalue weighted by Crippen LogP contribution is -2.09. The van der Waals surface area contributed by atoms with Gasteiger partial charge >= 0.3 is 0 Å². The van der Waals surface area contributed by atoms with Gasteiger partial charge in [-0.25, -0.2) is 4.98 Å². The quantitative estimate of drug-likeness (QED) is 0.732. The highest BCUT2D eigenvalue weighted by molar-refractivity contribution is 7.11. The first-order valence-electron chi connectivity index (χ1n) is 7.00. The van der Waals surface area contributed by atoms with Crippen LogP contribution in [0.5, 0.6) is 0 Å². The summed E-state index contributed by atoms with van der Waals surface area (Å²) >= 11 is 3.32. The van der Waals surface area contributed by atoms with Gasteiger partial charge in [-0.05, 0) is 22.9 Å². The summed E-state index contributed by atoms with van der Waals surface area (Å²) < 4.78 is 0. The second-order valence-electron chi connectivity index (χ2n) is 5.31.